The number of hydrogen-bond acceptors (Lipinski definition) is 3. The molecule has 0 aliphatic carbocycles. The number of aromatic nitrogens is 3. The van der Waals surface area contributed by atoms with Crippen molar-refractivity contribution in [3.05, 3.63) is 173 Å². The molecular formula is C35H29N3S. The third kappa shape index (κ3) is 4.80. The summed E-state index contributed by atoms with van der Waals surface area (Å²) < 4.78 is 2.01. The molecule has 190 valence electrons. The van der Waals surface area contributed by atoms with Gasteiger partial charge in [0.15, 0.2) is 0 Å². The summed E-state index contributed by atoms with van der Waals surface area (Å²) >= 11 is 1.76. The Hall–Kier alpha value is -4.41. The van der Waals surface area contributed by atoms with Crippen LogP contribution in [0.5, 0.6) is 0 Å². The van der Waals surface area contributed by atoms with Crippen LogP contribution in [0.4, 0.5) is 0 Å². The molecule has 0 bridgehead atoms. The molecule has 2 heterocycles. The lowest BCUT2D eigenvalue weighted by molar-refractivity contribution is 0.712. The summed E-state index contributed by atoms with van der Waals surface area (Å²) in [4.78, 5) is 7.27. The van der Waals surface area contributed by atoms with E-state index in [0.717, 1.165) is 22.8 Å². The van der Waals surface area contributed by atoms with Gasteiger partial charge in [0.2, 0.25) is 0 Å². The second-order valence-corrected chi connectivity index (χ2v) is 10.8. The van der Waals surface area contributed by atoms with Crippen molar-refractivity contribution >= 4 is 11.8 Å². The molecule has 0 fully saturated rings. The smallest absolute Gasteiger partial charge is 0.0874 e. The highest BCUT2D eigenvalue weighted by atomic mass is 32.2. The van der Waals surface area contributed by atoms with Gasteiger partial charge in [-0.2, -0.15) is 5.10 Å². The van der Waals surface area contributed by atoms with E-state index in [0.29, 0.717) is 0 Å². The predicted molar refractivity (Wildman–Crippen MR) is 160 cm³/mol. The summed E-state index contributed by atoms with van der Waals surface area (Å²) in [5, 5.41) is 4.68. The molecule has 0 aliphatic heterocycles. The molecule has 2 aromatic heterocycles. The molecule has 4 heteroatoms. The number of aryl methyl sites for hydroxylation is 2. The number of hydrogen-bond donors (Lipinski definition) is 0. The second-order valence-electron chi connectivity index (χ2n) is 9.66. The standard InChI is InChI=1S/C35H29N3S/c1-26-23-27(2)38(37-26)31-18-12-20-33(25-31)39-32-19-11-17-30(24-32)35(28-13-5-3-6-14-28,29-15-7-4-8-16-29)34-21-9-10-22-36-34/h3-25H,1-2H3. The van der Waals surface area contributed by atoms with Crippen molar-refractivity contribution < 1.29 is 0 Å². The molecule has 39 heavy (non-hydrogen) atoms. The second kappa shape index (κ2) is 10.8. The SMILES string of the molecule is Cc1cc(C)n(-c2cccc(Sc3cccc(C(c4ccccc4)(c4ccccc4)c4ccccn4)c3)c2)n1. The van der Waals surface area contributed by atoms with Crippen LogP contribution in [0.3, 0.4) is 0 Å². The third-order valence-electron chi connectivity index (χ3n) is 7.04. The molecule has 0 spiro atoms. The van der Waals surface area contributed by atoms with E-state index in [1.54, 1.807) is 11.8 Å². The quantitative estimate of drug-likeness (QED) is 0.197. The summed E-state index contributed by atoms with van der Waals surface area (Å²) in [5.74, 6) is 0. The number of pyridine rings is 1. The molecule has 3 nitrogen and oxygen atoms in total. The van der Waals surface area contributed by atoms with Crippen LogP contribution in [0.15, 0.2) is 149 Å². The lowest BCUT2D eigenvalue weighted by atomic mass is 9.67. The Bertz CT molecular complexity index is 1600. The molecule has 0 atom stereocenters. The molecule has 0 saturated heterocycles. The zero-order valence-electron chi connectivity index (χ0n) is 22.0. The summed E-state index contributed by atoms with van der Waals surface area (Å²) in [6.45, 7) is 4.12. The maximum Gasteiger partial charge on any atom is 0.0874 e. The maximum absolute atomic E-state index is 4.93. The number of rotatable bonds is 7. The Kier molecular flexibility index (Phi) is 6.87. The minimum atomic E-state index is -0.564. The monoisotopic (exact) mass is 523 g/mol. The van der Waals surface area contributed by atoms with Crippen LogP contribution in [0.2, 0.25) is 0 Å². The summed E-state index contributed by atoms with van der Waals surface area (Å²) in [7, 11) is 0. The minimum Gasteiger partial charge on any atom is -0.260 e. The maximum atomic E-state index is 4.93. The third-order valence-corrected chi connectivity index (χ3v) is 8.02. The van der Waals surface area contributed by atoms with Crippen LogP contribution in [-0.4, -0.2) is 14.8 Å². The highest BCUT2D eigenvalue weighted by Crippen LogP contribution is 2.45. The van der Waals surface area contributed by atoms with Gasteiger partial charge in [0.1, 0.15) is 0 Å². The van der Waals surface area contributed by atoms with Gasteiger partial charge in [0.25, 0.3) is 0 Å². The molecular weight excluding hydrogens is 494 g/mol. The Morgan fingerprint density at radius 2 is 1.21 bits per heavy atom. The van der Waals surface area contributed by atoms with E-state index in [1.165, 1.54) is 26.5 Å². The predicted octanol–water partition coefficient (Wildman–Crippen LogP) is 8.42. The molecule has 0 unspecified atom stereocenters. The Labute approximate surface area is 234 Å². The van der Waals surface area contributed by atoms with Gasteiger partial charge >= 0.3 is 0 Å². The average Bonchev–Trinajstić information content (AvgIpc) is 3.33. The fourth-order valence-electron chi connectivity index (χ4n) is 5.40. The summed E-state index contributed by atoms with van der Waals surface area (Å²) in [5.41, 5.74) is 7.19. The first kappa shape index (κ1) is 24.9. The minimum absolute atomic E-state index is 0.564. The largest absolute Gasteiger partial charge is 0.260 e. The first-order valence-electron chi connectivity index (χ1n) is 13.1. The zero-order chi connectivity index (χ0) is 26.7. The lowest BCUT2D eigenvalue weighted by Gasteiger charge is -2.35. The van der Waals surface area contributed by atoms with Crippen molar-refractivity contribution in [3.8, 4) is 5.69 Å². The van der Waals surface area contributed by atoms with Crippen molar-refractivity contribution in [2.75, 3.05) is 0 Å². The Morgan fingerprint density at radius 3 is 1.82 bits per heavy atom. The van der Waals surface area contributed by atoms with Crippen LogP contribution in [0.25, 0.3) is 5.69 Å². The van der Waals surface area contributed by atoms with Crippen LogP contribution in [0.1, 0.15) is 33.8 Å². The van der Waals surface area contributed by atoms with Gasteiger partial charge in [-0.25, -0.2) is 4.68 Å². The average molecular weight is 524 g/mol. The van der Waals surface area contributed by atoms with Crippen molar-refractivity contribution in [3.63, 3.8) is 0 Å². The van der Waals surface area contributed by atoms with Crippen molar-refractivity contribution in [2.24, 2.45) is 0 Å². The van der Waals surface area contributed by atoms with E-state index in [2.05, 4.69) is 139 Å². The first-order chi connectivity index (χ1) is 19.1. The first-order valence-corrected chi connectivity index (χ1v) is 13.9. The highest BCUT2D eigenvalue weighted by molar-refractivity contribution is 7.99. The van der Waals surface area contributed by atoms with Gasteiger partial charge in [0.05, 0.1) is 22.5 Å². The molecule has 0 N–H and O–H groups in total. The fraction of sp³-hybridized carbons (Fsp3) is 0.0857. The lowest BCUT2D eigenvalue weighted by Crippen LogP contribution is -2.32. The van der Waals surface area contributed by atoms with E-state index in [-0.39, 0.29) is 0 Å². The molecule has 0 radical (unpaired) electrons. The van der Waals surface area contributed by atoms with Gasteiger partial charge in [-0.1, -0.05) is 96.7 Å². The molecule has 0 saturated carbocycles. The fourth-order valence-corrected chi connectivity index (χ4v) is 6.33. The number of nitrogens with zero attached hydrogens (tertiary/aromatic N) is 3. The van der Waals surface area contributed by atoms with E-state index in [1.807, 2.05) is 23.9 Å². The molecule has 0 amide bonds. The van der Waals surface area contributed by atoms with Crippen LogP contribution < -0.4 is 0 Å². The van der Waals surface area contributed by atoms with Gasteiger partial charge < -0.3 is 0 Å². The van der Waals surface area contributed by atoms with Crippen LogP contribution in [0, 0.1) is 13.8 Å². The normalized spacial score (nSPS) is 11.4. The van der Waals surface area contributed by atoms with Crippen LogP contribution >= 0.6 is 11.8 Å². The zero-order valence-corrected chi connectivity index (χ0v) is 22.8. The van der Waals surface area contributed by atoms with Gasteiger partial charge in [-0.15, -0.1) is 0 Å². The van der Waals surface area contributed by atoms with E-state index >= 15 is 0 Å². The van der Waals surface area contributed by atoms with Gasteiger partial charge in [-0.05, 0) is 79.1 Å². The molecule has 4 aromatic carbocycles. The van der Waals surface area contributed by atoms with Crippen molar-refractivity contribution in [2.45, 2.75) is 29.1 Å². The van der Waals surface area contributed by atoms with Crippen molar-refractivity contribution in [1.29, 1.82) is 0 Å². The topological polar surface area (TPSA) is 30.7 Å². The highest BCUT2D eigenvalue weighted by Gasteiger charge is 2.39. The molecule has 6 rings (SSSR count). The number of benzene rings is 4. The van der Waals surface area contributed by atoms with E-state index in [9.17, 15) is 0 Å². The van der Waals surface area contributed by atoms with E-state index < -0.39 is 5.41 Å². The van der Waals surface area contributed by atoms with Crippen molar-refractivity contribution in [1.82, 2.24) is 14.8 Å². The van der Waals surface area contributed by atoms with E-state index in [4.69, 9.17) is 4.98 Å². The van der Waals surface area contributed by atoms with Gasteiger partial charge in [-0.3, -0.25) is 4.98 Å². The Morgan fingerprint density at radius 1 is 0.590 bits per heavy atom. The van der Waals surface area contributed by atoms with Crippen LogP contribution in [-0.2, 0) is 5.41 Å². The van der Waals surface area contributed by atoms with Gasteiger partial charge in [0, 0.05) is 21.7 Å². The molecule has 0 aliphatic rings. The summed E-state index contributed by atoms with van der Waals surface area (Å²) in [6, 6.07) is 47.2. The molecule has 6 aromatic rings. The summed E-state index contributed by atoms with van der Waals surface area (Å²) in [6.07, 6.45) is 1.89. The Balaban J connectivity index is 1.49.